The lowest BCUT2D eigenvalue weighted by molar-refractivity contribution is -0.129. The quantitative estimate of drug-likeness (QED) is 0.756. The predicted molar refractivity (Wildman–Crippen MR) is 97.7 cm³/mol. The molecule has 1 saturated heterocycles. The van der Waals surface area contributed by atoms with Crippen LogP contribution < -0.4 is 10.1 Å². The molecule has 1 aliphatic heterocycles. The standard InChI is InChI=1S/C19H20ClN3O3/c20-15-4-6-17(7-5-15)26-10-9-22-19(25)14-11-18(24)23(12-14)13-16-3-1-2-8-21-16/h1-8,14H,9-13H2,(H,22,25)/t14-/m0/s1. The Bertz CT molecular complexity index is 752. The van der Waals surface area contributed by atoms with Crippen molar-refractivity contribution in [2.24, 2.45) is 5.92 Å². The molecule has 7 heteroatoms. The molecule has 0 unspecified atom stereocenters. The molecule has 1 atom stereocenters. The molecule has 2 amide bonds. The molecule has 2 aromatic rings. The second-order valence-corrected chi connectivity index (χ2v) is 6.53. The number of rotatable bonds is 7. The number of aromatic nitrogens is 1. The van der Waals surface area contributed by atoms with Crippen molar-refractivity contribution in [2.75, 3.05) is 19.7 Å². The van der Waals surface area contributed by atoms with E-state index in [1.54, 1.807) is 35.4 Å². The number of carbonyl (C=O) groups is 2. The van der Waals surface area contributed by atoms with Crippen molar-refractivity contribution >= 4 is 23.4 Å². The molecule has 6 nitrogen and oxygen atoms in total. The molecule has 1 N–H and O–H groups in total. The number of pyridine rings is 1. The summed E-state index contributed by atoms with van der Waals surface area (Å²) in [5.74, 6) is 0.220. The first kappa shape index (κ1) is 18.2. The molecule has 0 saturated carbocycles. The molecule has 1 aliphatic rings. The van der Waals surface area contributed by atoms with E-state index in [0.717, 1.165) is 5.69 Å². The second-order valence-electron chi connectivity index (χ2n) is 6.09. The summed E-state index contributed by atoms with van der Waals surface area (Å²) in [6, 6.07) is 12.6. The number of nitrogens with zero attached hydrogens (tertiary/aromatic N) is 2. The summed E-state index contributed by atoms with van der Waals surface area (Å²) in [5.41, 5.74) is 0.818. The van der Waals surface area contributed by atoms with Gasteiger partial charge in [-0.15, -0.1) is 0 Å². The van der Waals surface area contributed by atoms with Crippen molar-refractivity contribution in [3.05, 3.63) is 59.4 Å². The highest BCUT2D eigenvalue weighted by molar-refractivity contribution is 6.30. The van der Waals surface area contributed by atoms with Gasteiger partial charge in [0.05, 0.1) is 24.7 Å². The van der Waals surface area contributed by atoms with E-state index in [-0.39, 0.29) is 24.2 Å². The van der Waals surface area contributed by atoms with E-state index in [9.17, 15) is 9.59 Å². The Kier molecular flexibility index (Phi) is 6.07. The number of nitrogens with one attached hydrogen (secondary N) is 1. The Labute approximate surface area is 157 Å². The summed E-state index contributed by atoms with van der Waals surface area (Å²) in [6.45, 7) is 1.58. The zero-order valence-electron chi connectivity index (χ0n) is 14.2. The first-order valence-corrected chi connectivity index (χ1v) is 8.83. The number of carbonyl (C=O) groups excluding carboxylic acids is 2. The van der Waals surface area contributed by atoms with Crippen LogP contribution in [0.3, 0.4) is 0 Å². The van der Waals surface area contributed by atoms with Gasteiger partial charge in [0, 0.05) is 24.2 Å². The lowest BCUT2D eigenvalue weighted by atomic mass is 10.1. The Hall–Kier alpha value is -2.60. The molecular weight excluding hydrogens is 354 g/mol. The summed E-state index contributed by atoms with van der Waals surface area (Å²) < 4.78 is 5.54. The molecule has 2 heterocycles. The van der Waals surface area contributed by atoms with E-state index in [1.165, 1.54) is 0 Å². The van der Waals surface area contributed by atoms with Crippen LogP contribution in [0.4, 0.5) is 0 Å². The van der Waals surface area contributed by atoms with Crippen LogP contribution in [0.2, 0.25) is 5.02 Å². The van der Waals surface area contributed by atoms with Crippen molar-refractivity contribution in [2.45, 2.75) is 13.0 Å². The summed E-state index contributed by atoms with van der Waals surface area (Å²) in [7, 11) is 0. The third-order valence-corrected chi connectivity index (χ3v) is 4.40. The van der Waals surface area contributed by atoms with Crippen LogP contribution in [0.1, 0.15) is 12.1 Å². The maximum Gasteiger partial charge on any atom is 0.225 e. The number of amides is 2. The van der Waals surface area contributed by atoms with Gasteiger partial charge in [-0.3, -0.25) is 14.6 Å². The highest BCUT2D eigenvalue weighted by Crippen LogP contribution is 2.20. The minimum Gasteiger partial charge on any atom is -0.492 e. The lowest BCUT2D eigenvalue weighted by Gasteiger charge is -2.16. The van der Waals surface area contributed by atoms with E-state index < -0.39 is 0 Å². The molecule has 26 heavy (non-hydrogen) atoms. The number of ether oxygens (including phenoxy) is 1. The highest BCUT2D eigenvalue weighted by Gasteiger charge is 2.34. The van der Waals surface area contributed by atoms with Crippen LogP contribution in [-0.2, 0) is 16.1 Å². The fraction of sp³-hybridized carbons (Fsp3) is 0.316. The molecule has 0 radical (unpaired) electrons. The van der Waals surface area contributed by atoms with Gasteiger partial charge >= 0.3 is 0 Å². The normalized spacial score (nSPS) is 16.6. The van der Waals surface area contributed by atoms with Gasteiger partial charge < -0.3 is 15.0 Å². The fourth-order valence-electron chi connectivity index (χ4n) is 2.81. The minimum absolute atomic E-state index is 0.0202. The summed E-state index contributed by atoms with van der Waals surface area (Å²) in [4.78, 5) is 30.3. The van der Waals surface area contributed by atoms with Crippen molar-refractivity contribution in [1.29, 1.82) is 0 Å². The number of likely N-dealkylation sites (tertiary alicyclic amines) is 1. The fourth-order valence-corrected chi connectivity index (χ4v) is 2.93. The summed E-state index contributed by atoms with van der Waals surface area (Å²) >= 11 is 5.81. The molecule has 1 aromatic carbocycles. The van der Waals surface area contributed by atoms with Gasteiger partial charge in [-0.25, -0.2) is 0 Å². The Morgan fingerprint density at radius 3 is 2.81 bits per heavy atom. The van der Waals surface area contributed by atoms with Gasteiger partial charge in [0.15, 0.2) is 0 Å². The van der Waals surface area contributed by atoms with Gasteiger partial charge in [-0.05, 0) is 36.4 Å². The second kappa shape index (κ2) is 8.67. The summed E-state index contributed by atoms with van der Waals surface area (Å²) in [5, 5.41) is 3.47. The molecule has 3 rings (SSSR count). The molecule has 1 aromatic heterocycles. The first-order chi connectivity index (χ1) is 12.6. The topological polar surface area (TPSA) is 71.5 Å². The smallest absolute Gasteiger partial charge is 0.225 e. The van der Waals surface area contributed by atoms with Gasteiger partial charge in [0.2, 0.25) is 11.8 Å². The van der Waals surface area contributed by atoms with Crippen LogP contribution in [-0.4, -0.2) is 41.4 Å². The SMILES string of the molecule is O=C(NCCOc1ccc(Cl)cc1)[C@H]1CC(=O)N(Cc2ccccn2)C1. The molecule has 0 spiro atoms. The van der Waals surface area contributed by atoms with Gasteiger partial charge in [-0.1, -0.05) is 17.7 Å². The number of benzene rings is 1. The Morgan fingerprint density at radius 2 is 2.08 bits per heavy atom. The van der Waals surface area contributed by atoms with Crippen LogP contribution in [0.5, 0.6) is 5.75 Å². The average molecular weight is 374 g/mol. The van der Waals surface area contributed by atoms with Crippen LogP contribution in [0.25, 0.3) is 0 Å². The molecule has 136 valence electrons. The van der Waals surface area contributed by atoms with Crippen molar-refractivity contribution in [3.8, 4) is 5.75 Å². The predicted octanol–water partition coefficient (Wildman–Crippen LogP) is 2.28. The first-order valence-electron chi connectivity index (χ1n) is 8.45. The molecule has 0 aliphatic carbocycles. The van der Waals surface area contributed by atoms with Crippen molar-refractivity contribution < 1.29 is 14.3 Å². The van der Waals surface area contributed by atoms with Crippen LogP contribution in [0, 0.1) is 5.92 Å². The Balaban J connectivity index is 1.41. The van der Waals surface area contributed by atoms with Crippen molar-refractivity contribution in [1.82, 2.24) is 15.2 Å². The number of halogens is 1. The number of hydrogen-bond donors (Lipinski definition) is 1. The maximum atomic E-state index is 12.3. The highest BCUT2D eigenvalue weighted by atomic mass is 35.5. The lowest BCUT2D eigenvalue weighted by Crippen LogP contribution is -2.35. The van der Waals surface area contributed by atoms with E-state index >= 15 is 0 Å². The summed E-state index contributed by atoms with van der Waals surface area (Å²) in [6.07, 6.45) is 1.93. The van der Waals surface area contributed by atoms with Gasteiger partial charge in [-0.2, -0.15) is 0 Å². The third-order valence-electron chi connectivity index (χ3n) is 4.15. The van der Waals surface area contributed by atoms with Crippen LogP contribution >= 0.6 is 11.6 Å². The van der Waals surface area contributed by atoms with Crippen LogP contribution in [0.15, 0.2) is 48.7 Å². The number of hydrogen-bond acceptors (Lipinski definition) is 4. The zero-order chi connectivity index (χ0) is 18.4. The maximum absolute atomic E-state index is 12.3. The minimum atomic E-state index is -0.332. The molecule has 1 fully saturated rings. The zero-order valence-corrected chi connectivity index (χ0v) is 15.0. The van der Waals surface area contributed by atoms with E-state index in [1.807, 2.05) is 18.2 Å². The largest absolute Gasteiger partial charge is 0.492 e. The third kappa shape index (κ3) is 4.95. The molecular formula is C19H20ClN3O3. The van der Waals surface area contributed by atoms with Crippen molar-refractivity contribution in [3.63, 3.8) is 0 Å². The van der Waals surface area contributed by atoms with Gasteiger partial charge in [0.25, 0.3) is 0 Å². The Morgan fingerprint density at radius 1 is 1.27 bits per heavy atom. The van der Waals surface area contributed by atoms with Gasteiger partial charge in [0.1, 0.15) is 12.4 Å². The van der Waals surface area contributed by atoms with E-state index in [4.69, 9.17) is 16.3 Å². The average Bonchev–Trinajstić information content (AvgIpc) is 3.01. The van der Waals surface area contributed by atoms with E-state index in [2.05, 4.69) is 10.3 Å². The molecule has 0 bridgehead atoms. The van der Waals surface area contributed by atoms with E-state index in [0.29, 0.717) is 37.0 Å². The monoisotopic (exact) mass is 373 g/mol.